The van der Waals surface area contributed by atoms with Gasteiger partial charge in [0.05, 0.1) is 19.5 Å². The number of anilines is 1. The standard InChI is InChI=1S/C21H37N6O15P3/c1-11(2)5-6-23-19(30)16(29)21(3,4)8-39-45(36,37)42-44(34,35)38-7-12-15(41-43(31,32)33)14(28)20(40-12)27-10-26-13-17(22)24-9-25-18(13)27/h9-12,14-16,20,28-29H,5-8H2,1-4H3,(H,23,30)(H,34,35)(H,36,37)(H2,22,24,25)(H2,31,32,33). The molecule has 0 radical (unpaired) electrons. The summed E-state index contributed by atoms with van der Waals surface area (Å²) in [5.41, 5.74) is 4.45. The predicted octanol–water partition coefficient (Wildman–Crippen LogP) is -0.0553. The van der Waals surface area contributed by atoms with Crippen molar-refractivity contribution in [1.29, 1.82) is 0 Å². The number of imidazole rings is 1. The van der Waals surface area contributed by atoms with Gasteiger partial charge in [-0.05, 0) is 12.3 Å². The zero-order chi connectivity index (χ0) is 34.0. The third-order valence-electron chi connectivity index (χ3n) is 6.45. The molecule has 0 aromatic carbocycles. The first-order chi connectivity index (χ1) is 20.6. The Labute approximate surface area is 256 Å². The van der Waals surface area contributed by atoms with E-state index in [2.05, 4.69) is 29.1 Å². The lowest BCUT2D eigenvalue weighted by atomic mass is 9.87. The second-order valence-corrected chi connectivity index (χ2v) is 15.4. The third-order valence-corrected chi connectivity index (χ3v) is 9.55. The van der Waals surface area contributed by atoms with Gasteiger partial charge in [-0.25, -0.2) is 28.6 Å². The topological polar surface area (TPSA) is 317 Å². The lowest BCUT2D eigenvalue weighted by Crippen LogP contribution is -2.46. The number of nitrogens with one attached hydrogen (secondary N) is 1. The van der Waals surface area contributed by atoms with Gasteiger partial charge in [0.2, 0.25) is 5.91 Å². The van der Waals surface area contributed by atoms with Crippen molar-refractivity contribution in [2.24, 2.45) is 11.3 Å². The van der Waals surface area contributed by atoms with Crippen LogP contribution < -0.4 is 11.1 Å². The quantitative estimate of drug-likeness (QED) is 0.106. The largest absolute Gasteiger partial charge is 0.481 e. The first-order valence-electron chi connectivity index (χ1n) is 13.2. The lowest BCUT2D eigenvalue weighted by Gasteiger charge is -2.30. The molecular formula is C21H37N6O15P3. The number of carbonyl (C=O) groups excluding carboxylic acids is 1. The van der Waals surface area contributed by atoms with E-state index in [0.29, 0.717) is 6.42 Å². The van der Waals surface area contributed by atoms with Crippen LogP contribution in [0.1, 0.15) is 40.3 Å². The maximum Gasteiger partial charge on any atom is 0.481 e. The number of nitrogens with zero attached hydrogens (tertiary/aromatic N) is 4. The van der Waals surface area contributed by atoms with Gasteiger partial charge in [-0.15, -0.1) is 0 Å². The summed E-state index contributed by atoms with van der Waals surface area (Å²) in [6.07, 6.45) is -5.72. The Morgan fingerprint density at radius 1 is 1.13 bits per heavy atom. The SMILES string of the molecule is CC(C)CCNC(=O)C(O)C(C)(C)COP(=O)(O)OP(=O)(O)OCC1OC(n2cnc3c(N)ncnc32)C(O)C1OP(=O)(O)O. The summed E-state index contributed by atoms with van der Waals surface area (Å²) in [4.78, 5) is 62.9. The summed E-state index contributed by atoms with van der Waals surface area (Å²) in [5.74, 6) is -0.500. The van der Waals surface area contributed by atoms with Crippen molar-refractivity contribution in [3.63, 3.8) is 0 Å². The van der Waals surface area contributed by atoms with E-state index < -0.39 is 78.6 Å². The molecule has 3 heterocycles. The summed E-state index contributed by atoms with van der Waals surface area (Å²) in [6.45, 7) is 4.96. The van der Waals surface area contributed by atoms with Gasteiger partial charge in [0.25, 0.3) is 0 Å². The number of rotatable bonds is 16. The van der Waals surface area contributed by atoms with Gasteiger partial charge in [0, 0.05) is 12.0 Å². The number of phosphoric acid groups is 3. The second-order valence-electron chi connectivity index (χ2n) is 11.2. The van der Waals surface area contributed by atoms with Gasteiger partial charge in [-0.1, -0.05) is 27.7 Å². The Bertz CT molecular complexity index is 1490. The van der Waals surface area contributed by atoms with E-state index >= 15 is 0 Å². The molecule has 0 saturated carbocycles. The molecule has 7 unspecified atom stereocenters. The molecule has 1 fully saturated rings. The van der Waals surface area contributed by atoms with Crippen LogP contribution in [0.25, 0.3) is 11.2 Å². The molecule has 2 aromatic heterocycles. The fourth-order valence-corrected chi connectivity index (χ4v) is 6.87. The fourth-order valence-electron chi connectivity index (χ4n) is 4.04. The first kappa shape index (κ1) is 37.5. The number of hydrogen-bond donors (Lipinski definition) is 8. The van der Waals surface area contributed by atoms with Gasteiger partial charge in [-0.3, -0.25) is 22.9 Å². The fraction of sp³-hybridized carbons (Fsp3) is 0.714. The molecule has 0 spiro atoms. The number of aliphatic hydroxyl groups is 2. The summed E-state index contributed by atoms with van der Waals surface area (Å²) in [6, 6.07) is 0. The van der Waals surface area contributed by atoms with Crippen LogP contribution in [-0.2, 0) is 41.1 Å². The van der Waals surface area contributed by atoms with Crippen LogP contribution in [0, 0.1) is 11.3 Å². The molecule has 256 valence electrons. The van der Waals surface area contributed by atoms with E-state index in [4.69, 9.17) is 19.5 Å². The molecular weight excluding hydrogens is 669 g/mol. The van der Waals surface area contributed by atoms with Crippen LogP contribution >= 0.6 is 23.5 Å². The maximum absolute atomic E-state index is 12.5. The Balaban J connectivity index is 1.66. The van der Waals surface area contributed by atoms with Crippen molar-refractivity contribution in [2.75, 3.05) is 25.5 Å². The molecule has 1 saturated heterocycles. The molecule has 1 aliphatic heterocycles. The number of nitrogens with two attached hydrogens (primary N) is 1. The van der Waals surface area contributed by atoms with Crippen molar-refractivity contribution in [1.82, 2.24) is 24.8 Å². The summed E-state index contributed by atoms with van der Waals surface area (Å²) in [7, 11) is -16.2. The molecule has 2 aromatic rings. The zero-order valence-corrected chi connectivity index (χ0v) is 27.2. The Hall–Kier alpha value is -1.93. The minimum Gasteiger partial charge on any atom is -0.386 e. The lowest BCUT2D eigenvalue weighted by molar-refractivity contribution is -0.136. The first-order valence-corrected chi connectivity index (χ1v) is 17.8. The van der Waals surface area contributed by atoms with Gasteiger partial charge in [-0.2, -0.15) is 4.31 Å². The molecule has 3 rings (SSSR count). The Morgan fingerprint density at radius 3 is 2.40 bits per heavy atom. The molecule has 45 heavy (non-hydrogen) atoms. The smallest absolute Gasteiger partial charge is 0.386 e. The molecule has 9 N–H and O–H groups in total. The normalized spacial score (nSPS) is 24.4. The Kier molecular flexibility index (Phi) is 12.1. The number of ether oxygens (including phenoxy) is 1. The number of nitrogen functional groups attached to an aromatic ring is 1. The molecule has 1 amide bonds. The van der Waals surface area contributed by atoms with Crippen LogP contribution in [0.3, 0.4) is 0 Å². The van der Waals surface area contributed by atoms with E-state index in [9.17, 15) is 48.3 Å². The zero-order valence-electron chi connectivity index (χ0n) is 24.5. The minimum atomic E-state index is -5.49. The number of carbonyl (C=O) groups is 1. The minimum absolute atomic E-state index is 0.0223. The molecule has 24 heteroatoms. The van der Waals surface area contributed by atoms with Crippen molar-refractivity contribution >= 4 is 46.4 Å². The third kappa shape index (κ3) is 10.3. The number of aliphatic hydroxyl groups excluding tert-OH is 2. The van der Waals surface area contributed by atoms with Crippen molar-refractivity contribution in [2.45, 2.75) is 64.8 Å². The van der Waals surface area contributed by atoms with Gasteiger partial charge < -0.3 is 45.6 Å². The van der Waals surface area contributed by atoms with Crippen LogP contribution in [0.5, 0.6) is 0 Å². The monoisotopic (exact) mass is 706 g/mol. The van der Waals surface area contributed by atoms with Gasteiger partial charge in [0.1, 0.15) is 36.3 Å². The molecule has 0 aliphatic carbocycles. The second kappa shape index (κ2) is 14.5. The molecule has 0 bridgehead atoms. The van der Waals surface area contributed by atoms with E-state index in [1.807, 2.05) is 13.8 Å². The highest BCUT2D eigenvalue weighted by atomic mass is 31.3. The van der Waals surface area contributed by atoms with Crippen LogP contribution in [0.2, 0.25) is 0 Å². The molecule has 1 aliphatic rings. The van der Waals surface area contributed by atoms with E-state index in [0.717, 1.165) is 17.2 Å². The summed E-state index contributed by atoms with van der Waals surface area (Å²) in [5, 5.41) is 23.7. The summed E-state index contributed by atoms with van der Waals surface area (Å²) >= 11 is 0. The van der Waals surface area contributed by atoms with Crippen LogP contribution in [0.4, 0.5) is 5.82 Å². The average molecular weight is 706 g/mol. The summed E-state index contributed by atoms with van der Waals surface area (Å²) < 4.78 is 61.7. The highest BCUT2D eigenvalue weighted by molar-refractivity contribution is 7.61. The highest BCUT2D eigenvalue weighted by Gasteiger charge is 2.50. The van der Waals surface area contributed by atoms with Crippen LogP contribution in [0.15, 0.2) is 12.7 Å². The molecule has 7 atom stereocenters. The van der Waals surface area contributed by atoms with Gasteiger partial charge in [0.15, 0.2) is 17.7 Å². The number of aromatic nitrogens is 4. The van der Waals surface area contributed by atoms with Crippen molar-refractivity contribution in [3.8, 4) is 0 Å². The van der Waals surface area contributed by atoms with Crippen LogP contribution in [-0.4, -0.2) is 99.4 Å². The van der Waals surface area contributed by atoms with E-state index in [-0.39, 0.29) is 29.4 Å². The van der Waals surface area contributed by atoms with Crippen molar-refractivity contribution in [3.05, 3.63) is 12.7 Å². The number of fused-ring (bicyclic) bond motifs is 1. The van der Waals surface area contributed by atoms with E-state index in [1.54, 1.807) is 0 Å². The predicted molar refractivity (Wildman–Crippen MR) is 151 cm³/mol. The number of phosphoric ester groups is 3. The average Bonchev–Trinajstić information content (AvgIpc) is 3.46. The van der Waals surface area contributed by atoms with Crippen molar-refractivity contribution < 1.29 is 70.9 Å². The number of hydrogen-bond acceptors (Lipinski definition) is 15. The highest BCUT2D eigenvalue weighted by Crippen LogP contribution is 2.61. The van der Waals surface area contributed by atoms with E-state index in [1.165, 1.54) is 13.8 Å². The maximum atomic E-state index is 12.5. The molecule has 21 nitrogen and oxygen atoms in total. The number of amides is 1. The van der Waals surface area contributed by atoms with Gasteiger partial charge >= 0.3 is 23.5 Å². The Morgan fingerprint density at radius 2 is 1.78 bits per heavy atom.